The van der Waals surface area contributed by atoms with E-state index in [1.165, 1.54) is 31.4 Å². The minimum atomic E-state index is 0.559. The third-order valence-corrected chi connectivity index (χ3v) is 4.41. The van der Waals surface area contributed by atoms with Gasteiger partial charge in [-0.2, -0.15) is 11.3 Å². The Bertz CT molecular complexity index is 283. The second kappa shape index (κ2) is 5.80. The van der Waals surface area contributed by atoms with Crippen molar-refractivity contribution in [2.24, 2.45) is 11.7 Å². The highest BCUT2D eigenvalue weighted by molar-refractivity contribution is 7.07. The van der Waals surface area contributed by atoms with Gasteiger partial charge in [-0.1, -0.05) is 13.3 Å². The van der Waals surface area contributed by atoms with Gasteiger partial charge in [0.1, 0.15) is 0 Å². The molecular weight excluding hydrogens is 216 g/mol. The van der Waals surface area contributed by atoms with Crippen LogP contribution in [0.25, 0.3) is 0 Å². The first-order valence-corrected chi connectivity index (χ1v) is 7.27. The van der Waals surface area contributed by atoms with Crippen LogP contribution in [0.4, 0.5) is 0 Å². The van der Waals surface area contributed by atoms with E-state index in [0.29, 0.717) is 12.0 Å². The Morgan fingerprint density at radius 1 is 1.50 bits per heavy atom. The van der Waals surface area contributed by atoms with Gasteiger partial charge in [0.2, 0.25) is 0 Å². The Balaban J connectivity index is 2.24. The van der Waals surface area contributed by atoms with E-state index in [1.807, 2.05) is 0 Å². The zero-order chi connectivity index (χ0) is 11.4. The molecule has 16 heavy (non-hydrogen) atoms. The summed E-state index contributed by atoms with van der Waals surface area (Å²) in [5, 5.41) is 4.48. The van der Waals surface area contributed by atoms with Gasteiger partial charge in [-0.25, -0.2) is 0 Å². The van der Waals surface area contributed by atoms with E-state index in [4.69, 9.17) is 5.73 Å². The van der Waals surface area contributed by atoms with Crippen molar-refractivity contribution in [1.29, 1.82) is 0 Å². The van der Waals surface area contributed by atoms with Gasteiger partial charge in [-0.3, -0.25) is 4.90 Å². The maximum absolute atomic E-state index is 5.96. The molecule has 1 aliphatic rings. The Labute approximate surface area is 102 Å². The van der Waals surface area contributed by atoms with Crippen LogP contribution in [0.3, 0.4) is 0 Å². The molecule has 0 spiro atoms. The first-order valence-electron chi connectivity index (χ1n) is 6.33. The average molecular weight is 238 g/mol. The number of thiophene rings is 1. The molecule has 2 atom stereocenters. The van der Waals surface area contributed by atoms with E-state index in [-0.39, 0.29) is 0 Å². The zero-order valence-corrected chi connectivity index (χ0v) is 10.9. The highest BCUT2D eigenvalue weighted by atomic mass is 32.1. The van der Waals surface area contributed by atoms with Crippen molar-refractivity contribution in [1.82, 2.24) is 4.90 Å². The van der Waals surface area contributed by atoms with Gasteiger partial charge in [0, 0.05) is 6.04 Å². The van der Waals surface area contributed by atoms with Gasteiger partial charge < -0.3 is 5.73 Å². The maximum atomic E-state index is 5.96. The number of hydrogen-bond donors (Lipinski definition) is 1. The Morgan fingerprint density at radius 3 is 3.00 bits per heavy atom. The summed E-state index contributed by atoms with van der Waals surface area (Å²) in [5.74, 6) is 0.636. The highest BCUT2D eigenvalue weighted by Gasteiger charge is 2.29. The summed E-state index contributed by atoms with van der Waals surface area (Å²) in [5.41, 5.74) is 7.44. The molecule has 3 heteroatoms. The minimum Gasteiger partial charge on any atom is -0.330 e. The SMILES string of the molecule is CCN1CCCCC(CN)C1c1ccsc1. The van der Waals surface area contributed by atoms with Crippen LogP contribution in [0, 0.1) is 5.92 Å². The molecule has 0 aliphatic carbocycles. The first-order chi connectivity index (χ1) is 7.86. The normalized spacial score (nSPS) is 27.9. The molecule has 90 valence electrons. The molecule has 1 aliphatic heterocycles. The molecule has 0 amide bonds. The fourth-order valence-electron chi connectivity index (χ4n) is 2.84. The van der Waals surface area contributed by atoms with E-state index in [0.717, 1.165) is 13.1 Å². The molecule has 0 aromatic carbocycles. The number of rotatable bonds is 3. The Morgan fingerprint density at radius 2 is 2.38 bits per heavy atom. The lowest BCUT2D eigenvalue weighted by Crippen LogP contribution is -2.35. The third kappa shape index (κ3) is 2.47. The van der Waals surface area contributed by atoms with Crippen LogP contribution in [0.15, 0.2) is 16.8 Å². The molecule has 0 bridgehead atoms. The second-order valence-electron chi connectivity index (χ2n) is 4.62. The van der Waals surface area contributed by atoms with Crippen molar-refractivity contribution >= 4 is 11.3 Å². The van der Waals surface area contributed by atoms with E-state index in [9.17, 15) is 0 Å². The van der Waals surface area contributed by atoms with Crippen LogP contribution >= 0.6 is 11.3 Å². The summed E-state index contributed by atoms with van der Waals surface area (Å²) in [4.78, 5) is 2.60. The van der Waals surface area contributed by atoms with Crippen LogP contribution in [0.2, 0.25) is 0 Å². The van der Waals surface area contributed by atoms with Gasteiger partial charge in [0.15, 0.2) is 0 Å². The number of nitrogens with zero attached hydrogens (tertiary/aromatic N) is 1. The molecule has 1 fully saturated rings. The smallest absolute Gasteiger partial charge is 0.0396 e. The molecule has 2 unspecified atom stereocenters. The predicted molar refractivity (Wildman–Crippen MR) is 70.7 cm³/mol. The molecule has 0 saturated carbocycles. The lowest BCUT2D eigenvalue weighted by Gasteiger charge is -2.33. The standard InChI is InChI=1S/C13H22N2S/c1-2-15-7-4-3-5-11(9-14)13(15)12-6-8-16-10-12/h6,8,10-11,13H,2-5,7,9,14H2,1H3. The largest absolute Gasteiger partial charge is 0.330 e. The van der Waals surface area contributed by atoms with Crippen LogP contribution in [0.5, 0.6) is 0 Å². The lowest BCUT2D eigenvalue weighted by molar-refractivity contribution is 0.167. The van der Waals surface area contributed by atoms with E-state index >= 15 is 0 Å². The summed E-state index contributed by atoms with van der Waals surface area (Å²) in [6.07, 6.45) is 3.94. The van der Waals surface area contributed by atoms with E-state index in [1.54, 1.807) is 11.3 Å². The van der Waals surface area contributed by atoms with Gasteiger partial charge >= 0.3 is 0 Å². The second-order valence-corrected chi connectivity index (χ2v) is 5.40. The van der Waals surface area contributed by atoms with Gasteiger partial charge in [-0.05, 0) is 60.8 Å². The van der Waals surface area contributed by atoms with Crippen LogP contribution < -0.4 is 5.73 Å². The summed E-state index contributed by atoms with van der Waals surface area (Å²) in [7, 11) is 0. The lowest BCUT2D eigenvalue weighted by atomic mass is 9.91. The molecule has 1 aromatic heterocycles. The van der Waals surface area contributed by atoms with Crippen LogP contribution in [-0.4, -0.2) is 24.5 Å². The van der Waals surface area contributed by atoms with E-state index in [2.05, 4.69) is 28.7 Å². The van der Waals surface area contributed by atoms with Crippen molar-refractivity contribution in [3.8, 4) is 0 Å². The zero-order valence-electron chi connectivity index (χ0n) is 10.1. The van der Waals surface area contributed by atoms with Crippen molar-refractivity contribution in [2.75, 3.05) is 19.6 Å². The molecule has 2 heterocycles. The number of likely N-dealkylation sites (tertiary alicyclic amines) is 1. The summed E-state index contributed by atoms with van der Waals surface area (Å²) in [6, 6.07) is 2.83. The average Bonchev–Trinajstić information content (AvgIpc) is 2.75. The fourth-order valence-corrected chi connectivity index (χ4v) is 3.53. The van der Waals surface area contributed by atoms with Gasteiger partial charge in [0.05, 0.1) is 0 Å². The van der Waals surface area contributed by atoms with Gasteiger partial charge in [0.25, 0.3) is 0 Å². The van der Waals surface area contributed by atoms with E-state index < -0.39 is 0 Å². The van der Waals surface area contributed by atoms with Crippen LogP contribution in [-0.2, 0) is 0 Å². The molecule has 2 nitrogen and oxygen atoms in total. The van der Waals surface area contributed by atoms with Crippen molar-refractivity contribution in [3.05, 3.63) is 22.4 Å². The quantitative estimate of drug-likeness (QED) is 0.877. The molecule has 0 radical (unpaired) electrons. The summed E-state index contributed by atoms with van der Waals surface area (Å²) < 4.78 is 0. The minimum absolute atomic E-state index is 0.559. The topological polar surface area (TPSA) is 29.3 Å². The molecule has 2 N–H and O–H groups in total. The molecule has 2 rings (SSSR count). The molecule has 1 aromatic rings. The van der Waals surface area contributed by atoms with Gasteiger partial charge in [-0.15, -0.1) is 0 Å². The summed E-state index contributed by atoms with van der Waals surface area (Å²) >= 11 is 1.80. The number of hydrogen-bond acceptors (Lipinski definition) is 3. The predicted octanol–water partition coefficient (Wildman–Crippen LogP) is 2.87. The molecule has 1 saturated heterocycles. The van der Waals surface area contributed by atoms with Crippen molar-refractivity contribution < 1.29 is 0 Å². The Kier molecular flexibility index (Phi) is 4.38. The summed E-state index contributed by atoms with van der Waals surface area (Å²) in [6.45, 7) is 5.44. The van der Waals surface area contributed by atoms with Crippen molar-refractivity contribution in [3.63, 3.8) is 0 Å². The monoisotopic (exact) mass is 238 g/mol. The third-order valence-electron chi connectivity index (χ3n) is 3.70. The fraction of sp³-hybridized carbons (Fsp3) is 0.692. The van der Waals surface area contributed by atoms with Crippen LogP contribution in [0.1, 0.15) is 37.8 Å². The number of nitrogens with two attached hydrogens (primary N) is 1. The van der Waals surface area contributed by atoms with Crippen molar-refractivity contribution in [2.45, 2.75) is 32.2 Å². The first kappa shape index (κ1) is 12.1. The Hall–Kier alpha value is -0.380. The maximum Gasteiger partial charge on any atom is 0.0396 e. The molecular formula is C13H22N2S. The highest BCUT2D eigenvalue weighted by Crippen LogP contribution is 2.35.